The van der Waals surface area contributed by atoms with Gasteiger partial charge in [-0.25, -0.2) is 29.5 Å². The second-order valence-electron chi connectivity index (χ2n) is 7.89. The van der Waals surface area contributed by atoms with Crippen molar-refractivity contribution in [3.63, 3.8) is 0 Å². The van der Waals surface area contributed by atoms with Crippen LogP contribution in [0.15, 0.2) is 55.4 Å². The number of hydrogen-bond acceptors (Lipinski definition) is 9. The van der Waals surface area contributed by atoms with Crippen LogP contribution in [0, 0.1) is 0 Å². The Morgan fingerprint density at radius 3 is 2.61 bits per heavy atom. The quantitative estimate of drug-likeness (QED) is 0.174. The number of carbonyl (C=O) groups is 2. The number of benzene rings is 1. The van der Waals surface area contributed by atoms with Crippen LogP contribution < -0.4 is 16.0 Å². The van der Waals surface area contributed by atoms with E-state index in [1.54, 1.807) is 17.0 Å². The minimum Gasteiger partial charge on any atom is -0.480 e. The van der Waals surface area contributed by atoms with Gasteiger partial charge in [-0.2, -0.15) is 0 Å². The van der Waals surface area contributed by atoms with Gasteiger partial charge in [-0.15, -0.1) is 0 Å². The van der Waals surface area contributed by atoms with Gasteiger partial charge in [-0.3, -0.25) is 0 Å². The molecule has 13 nitrogen and oxygen atoms in total. The van der Waals surface area contributed by atoms with Gasteiger partial charge in [-0.05, 0) is 18.4 Å². The second-order valence-corrected chi connectivity index (χ2v) is 7.89. The van der Waals surface area contributed by atoms with Crippen LogP contribution in [0.5, 0.6) is 0 Å². The second kappa shape index (κ2) is 12.1. The summed E-state index contributed by atoms with van der Waals surface area (Å²) in [6, 6.07) is 7.88. The molecule has 0 spiro atoms. The molecule has 4 aromatic rings. The minimum atomic E-state index is -1.24. The number of nitrogens with zero attached hydrogens (tertiary/aromatic N) is 5. The average molecular weight is 494 g/mol. The van der Waals surface area contributed by atoms with Crippen molar-refractivity contribution in [1.29, 1.82) is 0 Å². The lowest BCUT2D eigenvalue weighted by atomic mass is 10.2. The molecule has 0 saturated heterocycles. The monoisotopic (exact) mass is 493 g/mol. The Balaban J connectivity index is 1.29. The lowest BCUT2D eigenvalue weighted by molar-refractivity contribution is -0.139. The summed E-state index contributed by atoms with van der Waals surface area (Å²) in [5.41, 5.74) is 1.77. The molecule has 0 unspecified atom stereocenters. The van der Waals surface area contributed by atoms with E-state index in [2.05, 4.69) is 40.9 Å². The SMILES string of the molecule is O=C(N[C@@H](Cn1cnc2c(NCCCCNc3ncc[nH]3)ncnc21)C(=O)O)OCc1ccccc1. The van der Waals surface area contributed by atoms with Crippen molar-refractivity contribution < 1.29 is 19.4 Å². The molecule has 5 N–H and O–H groups in total. The Morgan fingerprint density at radius 1 is 1.06 bits per heavy atom. The summed E-state index contributed by atoms with van der Waals surface area (Å²) in [4.78, 5) is 43.9. The van der Waals surface area contributed by atoms with Crippen LogP contribution in [0.2, 0.25) is 0 Å². The van der Waals surface area contributed by atoms with E-state index in [4.69, 9.17) is 4.74 Å². The molecule has 0 aliphatic heterocycles. The van der Waals surface area contributed by atoms with E-state index in [1.807, 2.05) is 30.3 Å². The topological polar surface area (TPSA) is 172 Å². The van der Waals surface area contributed by atoms with Crippen molar-refractivity contribution in [1.82, 2.24) is 34.8 Å². The first-order valence-corrected chi connectivity index (χ1v) is 11.4. The van der Waals surface area contributed by atoms with Gasteiger partial charge in [0.2, 0.25) is 0 Å². The Hall–Kier alpha value is -4.68. The number of aromatic nitrogens is 6. The Morgan fingerprint density at radius 2 is 1.86 bits per heavy atom. The van der Waals surface area contributed by atoms with E-state index < -0.39 is 18.1 Å². The summed E-state index contributed by atoms with van der Waals surface area (Å²) in [7, 11) is 0. The van der Waals surface area contributed by atoms with Crippen LogP contribution in [-0.4, -0.2) is 65.8 Å². The van der Waals surface area contributed by atoms with Crippen LogP contribution in [0.1, 0.15) is 18.4 Å². The van der Waals surface area contributed by atoms with Crippen molar-refractivity contribution in [2.24, 2.45) is 0 Å². The highest BCUT2D eigenvalue weighted by atomic mass is 16.5. The maximum atomic E-state index is 12.2. The Kier molecular flexibility index (Phi) is 8.25. The third-order valence-electron chi connectivity index (χ3n) is 5.27. The van der Waals surface area contributed by atoms with Gasteiger partial charge in [0.25, 0.3) is 0 Å². The molecule has 0 fully saturated rings. The van der Waals surface area contributed by atoms with Crippen LogP contribution >= 0.6 is 0 Å². The van der Waals surface area contributed by atoms with Crippen LogP contribution in [0.4, 0.5) is 16.6 Å². The number of carboxylic acid groups (broad SMARTS) is 1. The number of carbonyl (C=O) groups excluding carboxylic acids is 1. The summed E-state index contributed by atoms with van der Waals surface area (Å²) < 4.78 is 6.71. The van der Waals surface area contributed by atoms with E-state index in [-0.39, 0.29) is 13.2 Å². The average Bonchev–Trinajstić information content (AvgIpc) is 3.55. The zero-order valence-electron chi connectivity index (χ0n) is 19.4. The van der Waals surface area contributed by atoms with E-state index in [1.165, 1.54) is 12.7 Å². The number of carboxylic acids is 1. The number of fused-ring (bicyclic) bond motifs is 1. The standard InChI is InChI=1S/C23H27N9O4/c33-21(34)17(31-23(35)36-13-16-6-2-1-3-7-16)12-32-15-30-18-19(28-14-29-20(18)32)24-8-4-5-9-25-22-26-10-11-27-22/h1-3,6-7,10-11,14-15,17H,4-5,8-9,12-13H2,(H,31,35)(H,33,34)(H,24,28,29)(H2,25,26,27)/t17-/m0/s1. The molecule has 1 atom stereocenters. The molecule has 0 aliphatic rings. The Labute approximate surface area is 206 Å². The van der Waals surface area contributed by atoms with E-state index >= 15 is 0 Å². The molecule has 13 heteroatoms. The molecule has 0 aliphatic carbocycles. The number of imidazole rings is 2. The first kappa shape index (κ1) is 24.4. The zero-order valence-corrected chi connectivity index (χ0v) is 19.4. The van der Waals surface area contributed by atoms with Crippen LogP contribution in [-0.2, 0) is 22.7 Å². The molecule has 0 saturated carbocycles. The first-order valence-electron chi connectivity index (χ1n) is 11.4. The van der Waals surface area contributed by atoms with Crippen LogP contribution in [0.3, 0.4) is 0 Å². The smallest absolute Gasteiger partial charge is 0.408 e. The number of unbranched alkanes of at least 4 members (excludes halogenated alkanes) is 1. The predicted octanol–water partition coefficient (Wildman–Crippen LogP) is 2.23. The third kappa shape index (κ3) is 6.68. The number of aliphatic carboxylic acids is 1. The highest BCUT2D eigenvalue weighted by Gasteiger charge is 2.23. The summed E-state index contributed by atoms with van der Waals surface area (Å²) in [6.45, 7) is 1.40. The van der Waals surface area contributed by atoms with Crippen molar-refractivity contribution in [3.05, 3.63) is 60.9 Å². The number of aromatic amines is 1. The van der Waals surface area contributed by atoms with E-state index in [0.717, 1.165) is 30.9 Å². The van der Waals surface area contributed by atoms with Gasteiger partial charge in [0.1, 0.15) is 24.5 Å². The number of nitrogens with one attached hydrogen (secondary N) is 4. The number of amides is 1. The summed E-state index contributed by atoms with van der Waals surface area (Å²) in [5, 5.41) is 18.4. The lowest BCUT2D eigenvalue weighted by Gasteiger charge is -2.15. The lowest BCUT2D eigenvalue weighted by Crippen LogP contribution is -2.43. The summed E-state index contributed by atoms with van der Waals surface area (Å²) in [5.74, 6) is 0.0912. The normalized spacial score (nSPS) is 11.7. The number of ether oxygens (including phenoxy) is 1. The fourth-order valence-corrected chi connectivity index (χ4v) is 3.46. The fraction of sp³-hybridized carbons (Fsp3) is 0.304. The summed E-state index contributed by atoms with van der Waals surface area (Å²) in [6.07, 6.45) is 7.29. The van der Waals surface area contributed by atoms with Gasteiger partial charge >= 0.3 is 12.1 Å². The molecule has 3 heterocycles. The fourth-order valence-electron chi connectivity index (χ4n) is 3.46. The molecule has 188 valence electrons. The van der Waals surface area contributed by atoms with Crippen molar-refractivity contribution >= 4 is 35.0 Å². The summed E-state index contributed by atoms with van der Waals surface area (Å²) >= 11 is 0. The molecular weight excluding hydrogens is 466 g/mol. The number of anilines is 2. The highest BCUT2D eigenvalue weighted by Crippen LogP contribution is 2.18. The number of rotatable bonds is 13. The van der Waals surface area contributed by atoms with E-state index in [0.29, 0.717) is 23.5 Å². The molecule has 1 amide bonds. The Bertz CT molecular complexity index is 1260. The maximum absolute atomic E-state index is 12.2. The van der Waals surface area contributed by atoms with E-state index in [9.17, 15) is 14.7 Å². The van der Waals surface area contributed by atoms with Gasteiger partial charge in [0.15, 0.2) is 17.4 Å². The molecule has 36 heavy (non-hydrogen) atoms. The van der Waals surface area contributed by atoms with Gasteiger partial charge in [0.05, 0.1) is 12.9 Å². The largest absolute Gasteiger partial charge is 0.480 e. The highest BCUT2D eigenvalue weighted by molar-refractivity contribution is 5.83. The van der Waals surface area contributed by atoms with Gasteiger partial charge < -0.3 is 35.3 Å². The van der Waals surface area contributed by atoms with Gasteiger partial charge in [-0.1, -0.05) is 30.3 Å². The van der Waals surface area contributed by atoms with Crippen molar-refractivity contribution in [3.8, 4) is 0 Å². The number of H-pyrrole nitrogens is 1. The maximum Gasteiger partial charge on any atom is 0.408 e. The van der Waals surface area contributed by atoms with Crippen molar-refractivity contribution in [2.45, 2.75) is 32.0 Å². The van der Waals surface area contributed by atoms with Crippen LogP contribution in [0.25, 0.3) is 11.2 Å². The predicted molar refractivity (Wildman–Crippen MR) is 131 cm³/mol. The van der Waals surface area contributed by atoms with Gasteiger partial charge in [0, 0.05) is 25.5 Å². The molecule has 4 rings (SSSR count). The minimum absolute atomic E-state index is 0.0359. The molecule has 0 radical (unpaired) electrons. The third-order valence-corrected chi connectivity index (χ3v) is 5.27. The number of alkyl carbamates (subject to hydrolysis) is 1. The zero-order chi connectivity index (χ0) is 25.2. The molecule has 1 aromatic carbocycles. The van der Waals surface area contributed by atoms with Crippen molar-refractivity contribution in [2.75, 3.05) is 23.7 Å². The number of hydrogen-bond donors (Lipinski definition) is 5. The first-order chi connectivity index (χ1) is 17.6. The molecule has 0 bridgehead atoms. The molecule has 3 aromatic heterocycles. The molecular formula is C23H27N9O4.